The third-order valence-corrected chi connectivity index (χ3v) is 4.36. The Labute approximate surface area is 163 Å². The van der Waals surface area contributed by atoms with Crippen molar-refractivity contribution in [2.24, 2.45) is 11.7 Å². The summed E-state index contributed by atoms with van der Waals surface area (Å²) in [5.74, 6) is -3.85. The number of rotatable bonds is 11. The van der Waals surface area contributed by atoms with Crippen molar-refractivity contribution in [3.63, 3.8) is 0 Å². The minimum absolute atomic E-state index is 0.153. The van der Waals surface area contributed by atoms with Crippen LogP contribution in [0.2, 0.25) is 0 Å². The molecule has 4 amide bonds. The Morgan fingerprint density at radius 2 is 1.86 bits per heavy atom. The highest BCUT2D eigenvalue weighted by molar-refractivity contribution is 5.92. The molecular formula is C17H29N5O6. The normalized spacial score (nSPS) is 18.2. The minimum atomic E-state index is -1.31. The Kier molecular flexibility index (Phi) is 9.36. The van der Waals surface area contributed by atoms with Gasteiger partial charge in [-0.15, -0.1) is 0 Å². The van der Waals surface area contributed by atoms with Gasteiger partial charge in [-0.25, -0.2) is 4.79 Å². The van der Waals surface area contributed by atoms with Crippen molar-refractivity contribution >= 4 is 29.6 Å². The van der Waals surface area contributed by atoms with E-state index in [2.05, 4.69) is 21.3 Å². The predicted octanol–water partition coefficient (Wildman–Crippen LogP) is -2.17. The summed E-state index contributed by atoms with van der Waals surface area (Å²) in [6, 6.07) is -2.62. The van der Waals surface area contributed by atoms with Crippen LogP contribution in [0.5, 0.6) is 0 Å². The Morgan fingerprint density at radius 3 is 2.36 bits per heavy atom. The van der Waals surface area contributed by atoms with Crippen LogP contribution in [0.4, 0.5) is 0 Å². The quantitative estimate of drug-likeness (QED) is 0.229. The van der Waals surface area contributed by atoms with Gasteiger partial charge in [0.1, 0.15) is 12.1 Å². The Morgan fingerprint density at radius 1 is 1.18 bits per heavy atom. The molecule has 0 bridgehead atoms. The third-order valence-electron chi connectivity index (χ3n) is 4.36. The number of nitrogens with one attached hydrogen (secondary N) is 4. The van der Waals surface area contributed by atoms with Gasteiger partial charge in [0, 0.05) is 6.42 Å². The molecule has 11 nitrogen and oxygen atoms in total. The van der Waals surface area contributed by atoms with Crippen LogP contribution in [-0.4, -0.2) is 65.9 Å². The molecule has 7 N–H and O–H groups in total. The molecule has 3 unspecified atom stereocenters. The molecule has 1 rings (SSSR count). The predicted molar refractivity (Wildman–Crippen MR) is 98.8 cm³/mol. The van der Waals surface area contributed by atoms with Crippen LogP contribution >= 0.6 is 0 Å². The molecule has 0 aromatic rings. The highest BCUT2D eigenvalue weighted by Gasteiger charge is 2.29. The number of primary amides is 1. The van der Waals surface area contributed by atoms with Crippen LogP contribution in [0.15, 0.2) is 0 Å². The third kappa shape index (κ3) is 7.91. The zero-order valence-electron chi connectivity index (χ0n) is 16.1. The molecule has 1 heterocycles. The SMILES string of the molecule is CC(C)C(NC(=O)CNC(=O)C1CCCN1)C(=O)NC(CCC(N)=O)C(=O)O. The monoisotopic (exact) mass is 399 g/mol. The topological polar surface area (TPSA) is 180 Å². The number of hydrogen-bond donors (Lipinski definition) is 6. The molecule has 0 saturated carbocycles. The molecule has 1 aliphatic rings. The first-order valence-corrected chi connectivity index (χ1v) is 9.23. The molecule has 11 heteroatoms. The van der Waals surface area contributed by atoms with Gasteiger partial charge in [-0.2, -0.15) is 0 Å². The van der Waals surface area contributed by atoms with Gasteiger partial charge in [-0.05, 0) is 31.7 Å². The van der Waals surface area contributed by atoms with Crippen molar-refractivity contribution in [2.75, 3.05) is 13.1 Å². The van der Waals surface area contributed by atoms with E-state index in [4.69, 9.17) is 5.73 Å². The number of aliphatic carboxylic acids is 1. The molecule has 1 aliphatic heterocycles. The van der Waals surface area contributed by atoms with Crippen LogP contribution in [0.1, 0.15) is 39.5 Å². The fraction of sp³-hybridized carbons (Fsp3) is 0.706. The summed E-state index contributed by atoms with van der Waals surface area (Å²) in [4.78, 5) is 58.6. The van der Waals surface area contributed by atoms with Crippen LogP contribution in [-0.2, 0) is 24.0 Å². The standard InChI is InChI=1S/C17H29N5O6/c1-9(2)14(16(26)21-11(17(27)28)5-6-12(18)23)22-13(24)8-20-15(25)10-4-3-7-19-10/h9-11,14,19H,3-8H2,1-2H3,(H2,18,23)(H,20,25)(H,21,26)(H,22,24)(H,27,28). The highest BCUT2D eigenvalue weighted by Crippen LogP contribution is 2.06. The molecule has 0 aromatic carbocycles. The van der Waals surface area contributed by atoms with Crippen LogP contribution in [0, 0.1) is 5.92 Å². The molecule has 158 valence electrons. The van der Waals surface area contributed by atoms with E-state index in [1.165, 1.54) is 0 Å². The van der Waals surface area contributed by atoms with E-state index in [0.717, 1.165) is 13.0 Å². The largest absolute Gasteiger partial charge is 0.480 e. The van der Waals surface area contributed by atoms with Crippen LogP contribution in [0.25, 0.3) is 0 Å². The Hall–Kier alpha value is -2.69. The summed E-state index contributed by atoms with van der Waals surface area (Å²) in [6.07, 6.45) is 1.24. The number of hydrogen-bond acceptors (Lipinski definition) is 6. The summed E-state index contributed by atoms with van der Waals surface area (Å²) in [5, 5.41) is 19.5. The number of carboxylic acid groups (broad SMARTS) is 1. The summed E-state index contributed by atoms with van der Waals surface area (Å²) >= 11 is 0. The maximum atomic E-state index is 12.4. The van der Waals surface area contributed by atoms with Gasteiger partial charge >= 0.3 is 5.97 Å². The van der Waals surface area contributed by atoms with Gasteiger partial charge in [0.25, 0.3) is 0 Å². The first-order valence-electron chi connectivity index (χ1n) is 9.23. The van der Waals surface area contributed by atoms with E-state index in [0.29, 0.717) is 6.42 Å². The van der Waals surface area contributed by atoms with E-state index in [1.807, 2.05) is 0 Å². The van der Waals surface area contributed by atoms with E-state index in [9.17, 15) is 29.1 Å². The lowest BCUT2D eigenvalue weighted by molar-refractivity contribution is -0.142. The second-order valence-corrected chi connectivity index (χ2v) is 7.06. The average molecular weight is 399 g/mol. The van der Waals surface area contributed by atoms with Gasteiger partial charge < -0.3 is 32.1 Å². The molecule has 1 fully saturated rings. The molecule has 0 spiro atoms. The zero-order chi connectivity index (χ0) is 21.3. The molecule has 28 heavy (non-hydrogen) atoms. The number of carbonyl (C=O) groups is 5. The molecule has 1 saturated heterocycles. The number of carbonyl (C=O) groups excluding carboxylic acids is 4. The van der Waals surface area contributed by atoms with Gasteiger partial charge in [-0.3, -0.25) is 19.2 Å². The number of nitrogens with two attached hydrogens (primary N) is 1. The van der Waals surface area contributed by atoms with Crippen molar-refractivity contribution in [3.05, 3.63) is 0 Å². The number of amides is 4. The molecular weight excluding hydrogens is 370 g/mol. The van der Waals surface area contributed by atoms with Crippen LogP contribution < -0.4 is 27.0 Å². The fourth-order valence-electron chi connectivity index (χ4n) is 2.76. The summed E-state index contributed by atoms with van der Waals surface area (Å²) < 4.78 is 0. The Balaban J connectivity index is 2.58. The maximum Gasteiger partial charge on any atom is 0.326 e. The lowest BCUT2D eigenvalue weighted by atomic mass is 10.0. The summed E-state index contributed by atoms with van der Waals surface area (Å²) in [7, 11) is 0. The summed E-state index contributed by atoms with van der Waals surface area (Å²) in [6.45, 7) is 3.83. The van der Waals surface area contributed by atoms with Crippen LogP contribution in [0.3, 0.4) is 0 Å². The maximum absolute atomic E-state index is 12.4. The van der Waals surface area contributed by atoms with Crippen molar-refractivity contribution < 1.29 is 29.1 Å². The van der Waals surface area contributed by atoms with Gasteiger partial charge in [0.05, 0.1) is 12.6 Å². The van der Waals surface area contributed by atoms with Gasteiger partial charge in [0.15, 0.2) is 0 Å². The first kappa shape index (κ1) is 23.3. The lowest BCUT2D eigenvalue weighted by Crippen LogP contribution is -2.55. The van der Waals surface area contributed by atoms with Gasteiger partial charge in [-0.1, -0.05) is 13.8 Å². The zero-order valence-corrected chi connectivity index (χ0v) is 16.1. The average Bonchev–Trinajstić information content (AvgIpc) is 3.14. The minimum Gasteiger partial charge on any atom is -0.480 e. The molecule has 0 radical (unpaired) electrons. The highest BCUT2D eigenvalue weighted by atomic mass is 16.4. The van der Waals surface area contributed by atoms with E-state index >= 15 is 0 Å². The Bertz CT molecular complexity index is 603. The lowest BCUT2D eigenvalue weighted by Gasteiger charge is -2.24. The van der Waals surface area contributed by atoms with Crippen molar-refractivity contribution in [2.45, 2.75) is 57.7 Å². The second kappa shape index (κ2) is 11.2. The van der Waals surface area contributed by atoms with E-state index in [1.54, 1.807) is 13.8 Å². The van der Waals surface area contributed by atoms with E-state index < -0.39 is 35.8 Å². The number of carboxylic acids is 1. The van der Waals surface area contributed by atoms with Crippen molar-refractivity contribution in [1.29, 1.82) is 0 Å². The second-order valence-electron chi connectivity index (χ2n) is 7.06. The molecule has 0 aromatic heterocycles. The molecule has 0 aliphatic carbocycles. The smallest absolute Gasteiger partial charge is 0.326 e. The fourth-order valence-corrected chi connectivity index (χ4v) is 2.76. The molecule has 3 atom stereocenters. The summed E-state index contributed by atoms with van der Waals surface area (Å²) in [5.41, 5.74) is 5.01. The van der Waals surface area contributed by atoms with E-state index in [-0.39, 0.29) is 37.3 Å². The van der Waals surface area contributed by atoms with Gasteiger partial charge in [0.2, 0.25) is 23.6 Å². The first-order chi connectivity index (χ1) is 13.1. The van der Waals surface area contributed by atoms with Crippen molar-refractivity contribution in [1.82, 2.24) is 21.3 Å². The van der Waals surface area contributed by atoms with Crippen molar-refractivity contribution in [3.8, 4) is 0 Å².